The predicted molar refractivity (Wildman–Crippen MR) is 99.3 cm³/mol. The Labute approximate surface area is 148 Å². The first kappa shape index (κ1) is 17.5. The number of hydrogen-bond acceptors (Lipinski definition) is 2. The van der Waals surface area contributed by atoms with Crippen molar-refractivity contribution in [2.24, 2.45) is 0 Å². The van der Waals surface area contributed by atoms with Crippen LogP contribution in [0.3, 0.4) is 0 Å². The number of carbonyl (C=O) groups is 2. The summed E-state index contributed by atoms with van der Waals surface area (Å²) in [5, 5.41) is 4.18. The average molecular weight is 341 g/mol. The minimum absolute atomic E-state index is 0.0225. The lowest BCUT2D eigenvalue weighted by Gasteiger charge is -2.34. The normalized spacial score (nSPS) is 20.4. The molecule has 5 nitrogen and oxygen atoms in total. The predicted octanol–water partition coefficient (Wildman–Crippen LogP) is 3.01. The van der Waals surface area contributed by atoms with Gasteiger partial charge in [-0.1, -0.05) is 31.5 Å². The fourth-order valence-electron chi connectivity index (χ4n) is 3.64. The van der Waals surface area contributed by atoms with Gasteiger partial charge in [0.05, 0.1) is 0 Å². The first-order valence-electron chi connectivity index (χ1n) is 9.20. The van der Waals surface area contributed by atoms with Gasteiger partial charge in [-0.2, -0.15) is 0 Å². The second kappa shape index (κ2) is 7.30. The lowest BCUT2D eigenvalue weighted by Crippen LogP contribution is -2.55. The van der Waals surface area contributed by atoms with Crippen molar-refractivity contribution in [1.29, 1.82) is 0 Å². The number of aromatic nitrogens is 1. The van der Waals surface area contributed by atoms with E-state index in [2.05, 4.69) is 23.3 Å². The van der Waals surface area contributed by atoms with Crippen LogP contribution in [0.5, 0.6) is 0 Å². The first-order valence-corrected chi connectivity index (χ1v) is 9.20. The maximum absolute atomic E-state index is 12.7. The molecule has 0 radical (unpaired) electrons. The average Bonchev–Trinajstić information content (AvgIpc) is 3.15. The van der Waals surface area contributed by atoms with Crippen LogP contribution in [-0.4, -0.2) is 40.3 Å². The number of unbranched alkanes of at least 4 members (excludes halogenated alkanes) is 1. The molecule has 1 aliphatic heterocycles. The zero-order valence-corrected chi connectivity index (χ0v) is 15.1. The molecule has 1 unspecified atom stereocenters. The van der Waals surface area contributed by atoms with Gasteiger partial charge >= 0.3 is 0 Å². The molecule has 2 aromatic rings. The Morgan fingerprint density at radius 3 is 2.96 bits per heavy atom. The van der Waals surface area contributed by atoms with Crippen LogP contribution < -0.4 is 5.32 Å². The number of fused-ring (bicyclic) bond motifs is 1. The van der Waals surface area contributed by atoms with Gasteiger partial charge in [-0.25, -0.2) is 0 Å². The zero-order chi connectivity index (χ0) is 17.9. The molecule has 134 valence electrons. The van der Waals surface area contributed by atoms with Crippen LogP contribution in [0.4, 0.5) is 0 Å². The molecule has 25 heavy (non-hydrogen) atoms. The van der Waals surface area contributed by atoms with Crippen molar-refractivity contribution in [2.75, 3.05) is 13.1 Å². The Morgan fingerprint density at radius 1 is 1.36 bits per heavy atom. The van der Waals surface area contributed by atoms with Crippen molar-refractivity contribution >= 4 is 22.7 Å². The summed E-state index contributed by atoms with van der Waals surface area (Å²) in [7, 11) is 0. The Balaban J connectivity index is 1.70. The van der Waals surface area contributed by atoms with Gasteiger partial charge in [-0.05, 0) is 37.8 Å². The molecular weight excluding hydrogens is 314 g/mol. The second-order valence-electron chi connectivity index (χ2n) is 7.04. The van der Waals surface area contributed by atoms with E-state index in [9.17, 15) is 9.59 Å². The van der Waals surface area contributed by atoms with E-state index < -0.39 is 5.54 Å². The molecule has 2 N–H and O–H groups in total. The summed E-state index contributed by atoms with van der Waals surface area (Å²) in [6, 6.07) is 8.16. The van der Waals surface area contributed by atoms with Gasteiger partial charge in [0.15, 0.2) is 0 Å². The van der Waals surface area contributed by atoms with Crippen molar-refractivity contribution in [2.45, 2.75) is 51.5 Å². The number of hydrogen-bond donors (Lipinski definition) is 2. The van der Waals surface area contributed by atoms with Crippen LogP contribution in [0.15, 0.2) is 30.5 Å². The fourth-order valence-corrected chi connectivity index (χ4v) is 3.64. The highest BCUT2D eigenvalue weighted by Crippen LogP contribution is 2.31. The van der Waals surface area contributed by atoms with Crippen molar-refractivity contribution in [1.82, 2.24) is 15.2 Å². The molecule has 0 saturated carbocycles. The highest BCUT2D eigenvalue weighted by Gasteiger charge is 2.46. The summed E-state index contributed by atoms with van der Waals surface area (Å²) in [5.41, 5.74) is 1.56. The zero-order valence-electron chi connectivity index (χ0n) is 15.1. The van der Waals surface area contributed by atoms with Crippen LogP contribution in [0, 0.1) is 0 Å². The van der Waals surface area contributed by atoms with Crippen molar-refractivity contribution in [3.05, 3.63) is 36.0 Å². The van der Waals surface area contributed by atoms with Gasteiger partial charge in [-0.15, -0.1) is 0 Å². The summed E-state index contributed by atoms with van der Waals surface area (Å²) >= 11 is 0. The third-order valence-electron chi connectivity index (χ3n) is 5.31. The van der Waals surface area contributed by atoms with Crippen molar-refractivity contribution < 1.29 is 9.59 Å². The van der Waals surface area contributed by atoms with E-state index in [1.807, 2.05) is 31.3 Å². The highest BCUT2D eigenvalue weighted by atomic mass is 16.2. The molecule has 2 heterocycles. The van der Waals surface area contributed by atoms with E-state index in [1.165, 1.54) is 10.9 Å². The molecular formula is C20H27N3O2. The molecule has 2 amide bonds. The number of nitrogens with one attached hydrogen (secondary N) is 2. The SMILES string of the molecule is CCCCNC(=O)C1(C)CCC(=O)N1CCc1c[nH]c2ccccc12. The van der Waals surface area contributed by atoms with E-state index in [4.69, 9.17) is 0 Å². The fraction of sp³-hybridized carbons (Fsp3) is 0.500. The van der Waals surface area contributed by atoms with Gasteiger partial charge in [0.2, 0.25) is 11.8 Å². The standard InChI is InChI=1S/C20H27N3O2/c1-3-4-12-21-19(25)20(2)11-9-18(24)23(20)13-10-15-14-22-17-8-6-5-7-16(15)17/h5-8,14,22H,3-4,9-13H2,1-2H3,(H,21,25). The van der Waals surface area contributed by atoms with E-state index in [-0.39, 0.29) is 11.8 Å². The highest BCUT2D eigenvalue weighted by molar-refractivity contribution is 5.94. The topological polar surface area (TPSA) is 65.2 Å². The summed E-state index contributed by atoms with van der Waals surface area (Å²) in [4.78, 5) is 30.1. The van der Waals surface area contributed by atoms with Crippen LogP contribution in [0.2, 0.25) is 0 Å². The number of aromatic amines is 1. The maximum atomic E-state index is 12.7. The van der Waals surface area contributed by atoms with Crippen LogP contribution >= 0.6 is 0 Å². The second-order valence-corrected chi connectivity index (χ2v) is 7.04. The first-order chi connectivity index (χ1) is 12.1. The molecule has 1 saturated heterocycles. The van der Waals surface area contributed by atoms with E-state index in [0.717, 1.165) is 24.8 Å². The number of amides is 2. The van der Waals surface area contributed by atoms with Gasteiger partial charge in [0.1, 0.15) is 5.54 Å². The molecule has 5 heteroatoms. The number of H-pyrrole nitrogens is 1. The minimum Gasteiger partial charge on any atom is -0.361 e. The molecule has 1 aromatic heterocycles. The molecule has 1 fully saturated rings. The Bertz CT molecular complexity index is 767. The van der Waals surface area contributed by atoms with Gasteiger partial charge in [0.25, 0.3) is 0 Å². The third-order valence-corrected chi connectivity index (χ3v) is 5.31. The van der Waals surface area contributed by atoms with Crippen LogP contribution in [0.25, 0.3) is 10.9 Å². The number of nitrogens with zero attached hydrogens (tertiary/aromatic N) is 1. The van der Waals surface area contributed by atoms with E-state index in [0.29, 0.717) is 25.9 Å². The summed E-state index contributed by atoms with van der Waals surface area (Å²) in [6.45, 7) is 5.24. The minimum atomic E-state index is -0.725. The lowest BCUT2D eigenvalue weighted by atomic mass is 9.97. The Morgan fingerprint density at radius 2 is 2.16 bits per heavy atom. The molecule has 3 rings (SSSR count). The smallest absolute Gasteiger partial charge is 0.245 e. The number of carbonyl (C=O) groups excluding carboxylic acids is 2. The number of para-hydroxylation sites is 1. The number of benzene rings is 1. The molecule has 1 aromatic carbocycles. The third kappa shape index (κ3) is 3.41. The molecule has 0 aliphatic carbocycles. The van der Waals surface area contributed by atoms with E-state index in [1.54, 1.807) is 4.90 Å². The van der Waals surface area contributed by atoms with Crippen molar-refractivity contribution in [3.63, 3.8) is 0 Å². The van der Waals surface area contributed by atoms with Crippen molar-refractivity contribution in [3.8, 4) is 0 Å². The van der Waals surface area contributed by atoms with Gasteiger partial charge in [0, 0.05) is 36.6 Å². The van der Waals surface area contributed by atoms with Crippen LogP contribution in [-0.2, 0) is 16.0 Å². The molecule has 1 aliphatic rings. The summed E-state index contributed by atoms with van der Waals surface area (Å²) < 4.78 is 0. The summed E-state index contributed by atoms with van der Waals surface area (Å²) in [5.74, 6) is 0.0544. The number of rotatable bonds is 7. The number of likely N-dealkylation sites (tertiary alicyclic amines) is 1. The van der Waals surface area contributed by atoms with E-state index >= 15 is 0 Å². The molecule has 1 atom stereocenters. The molecule has 0 bridgehead atoms. The summed E-state index contributed by atoms with van der Waals surface area (Å²) in [6.07, 6.45) is 5.80. The van der Waals surface area contributed by atoms with Crippen LogP contribution in [0.1, 0.15) is 45.1 Å². The monoisotopic (exact) mass is 341 g/mol. The maximum Gasteiger partial charge on any atom is 0.245 e. The van der Waals surface area contributed by atoms with Gasteiger partial charge < -0.3 is 15.2 Å². The quantitative estimate of drug-likeness (QED) is 0.760. The largest absolute Gasteiger partial charge is 0.361 e. The lowest BCUT2D eigenvalue weighted by molar-refractivity contribution is -0.140. The van der Waals surface area contributed by atoms with Gasteiger partial charge in [-0.3, -0.25) is 9.59 Å². The Kier molecular flexibility index (Phi) is 5.11. The molecule has 0 spiro atoms. The Hall–Kier alpha value is -2.30.